The monoisotopic (exact) mass is 595 g/mol. The van der Waals surface area contributed by atoms with Gasteiger partial charge < -0.3 is 26.5 Å². The summed E-state index contributed by atoms with van der Waals surface area (Å²) < 4.78 is 12.7. The molecular weight excluding hydrogens is 576 g/mol. The Morgan fingerprint density at radius 3 is 1.36 bits per heavy atom. The van der Waals surface area contributed by atoms with Crippen molar-refractivity contribution in [1.82, 2.24) is 0 Å². The molecule has 0 aliphatic heterocycles. The Labute approximate surface area is 232 Å². The summed E-state index contributed by atoms with van der Waals surface area (Å²) in [6.07, 6.45) is 5.68. The smallest absolute Gasteiger partial charge is 0.342 e. The highest BCUT2D eigenvalue weighted by molar-refractivity contribution is 6.41. The lowest BCUT2D eigenvalue weighted by Crippen LogP contribution is -3.00. The Bertz CT molecular complexity index is 1440. The van der Waals surface area contributed by atoms with Crippen LogP contribution in [0.15, 0.2) is 36.9 Å². The highest BCUT2D eigenvalue weighted by atomic mass is 79.9. The van der Waals surface area contributed by atoms with Gasteiger partial charge in [0.05, 0.1) is 36.5 Å². The van der Waals surface area contributed by atoms with E-state index in [1.807, 2.05) is 0 Å². The number of aromatic nitrogens is 2. The molecule has 0 aromatic carbocycles. The van der Waals surface area contributed by atoms with Crippen molar-refractivity contribution >= 4 is 35.1 Å². The predicted molar refractivity (Wildman–Crippen MR) is 120 cm³/mol. The van der Waals surface area contributed by atoms with E-state index in [0.29, 0.717) is 0 Å². The van der Waals surface area contributed by atoms with Gasteiger partial charge in [-0.15, -0.1) is 0 Å². The van der Waals surface area contributed by atoms with Crippen LogP contribution >= 0.6 is 0 Å². The molecule has 39 heavy (non-hydrogen) atoms. The van der Waals surface area contributed by atoms with Crippen LogP contribution in [0.5, 0.6) is 0 Å². The SMILES string of the molecule is CCOC(=O)C1(C#N)C(=O)c2cc[n+](CC[n+]3ccc4c(c3)C(=O)C(C#N)(C(=O)OCC)C4=O)cc2C1=O.[Br-]. The lowest BCUT2D eigenvalue weighted by molar-refractivity contribution is -0.778. The Kier molecular flexibility index (Phi) is 7.89. The van der Waals surface area contributed by atoms with Crippen molar-refractivity contribution < 1.29 is 64.4 Å². The fraction of sp³-hybridized carbons (Fsp3) is 0.308. The number of aryl methyl sites for hydroxylation is 2. The summed E-state index contributed by atoms with van der Waals surface area (Å²) in [5.41, 5.74) is -5.49. The van der Waals surface area contributed by atoms with E-state index in [2.05, 4.69) is 0 Å². The third-order valence-corrected chi connectivity index (χ3v) is 6.49. The van der Waals surface area contributed by atoms with Gasteiger partial charge in [0.15, 0.2) is 24.8 Å². The van der Waals surface area contributed by atoms with Crippen molar-refractivity contribution in [3.63, 3.8) is 0 Å². The minimum atomic E-state index is -2.58. The minimum absolute atomic E-state index is 0. The molecule has 2 unspecified atom stereocenters. The number of carbonyl (C=O) groups excluding carboxylic acids is 6. The molecule has 198 valence electrons. The molecule has 2 aliphatic rings. The molecule has 0 N–H and O–H groups in total. The predicted octanol–water partition coefficient (Wildman–Crippen LogP) is -3.13. The molecule has 0 saturated heterocycles. The molecule has 0 radical (unpaired) electrons. The first kappa shape index (κ1) is 28.9. The summed E-state index contributed by atoms with van der Waals surface area (Å²) >= 11 is 0. The molecule has 0 amide bonds. The Hall–Kier alpha value is -4.62. The lowest BCUT2D eigenvalue weighted by Gasteiger charge is -2.14. The first-order chi connectivity index (χ1) is 18.1. The lowest BCUT2D eigenvalue weighted by atomic mass is 9.84. The van der Waals surface area contributed by atoms with Gasteiger partial charge in [0.2, 0.25) is 36.2 Å². The van der Waals surface area contributed by atoms with Crippen LogP contribution in [0.1, 0.15) is 55.3 Å². The molecule has 0 fully saturated rings. The Morgan fingerprint density at radius 2 is 1.05 bits per heavy atom. The van der Waals surface area contributed by atoms with Crippen LogP contribution < -0.4 is 26.1 Å². The Balaban J connectivity index is 0.00000420. The number of ether oxygens (including phenoxy) is 2. The topological polar surface area (TPSA) is 176 Å². The second kappa shape index (κ2) is 10.6. The normalized spacial score (nSPS) is 20.8. The van der Waals surface area contributed by atoms with Gasteiger partial charge in [-0.05, 0) is 13.8 Å². The summed E-state index contributed by atoms with van der Waals surface area (Å²) in [6.45, 7) is 3.18. The minimum Gasteiger partial charge on any atom is -1.00 e. The number of carbonyl (C=O) groups is 6. The molecule has 12 nitrogen and oxygen atoms in total. The third-order valence-electron chi connectivity index (χ3n) is 6.49. The maximum Gasteiger partial charge on any atom is 0.342 e. The summed E-state index contributed by atoms with van der Waals surface area (Å²) in [6, 6.07) is 5.76. The van der Waals surface area contributed by atoms with Gasteiger partial charge in [-0.3, -0.25) is 19.2 Å². The molecule has 4 rings (SSSR count). The largest absolute Gasteiger partial charge is 1.00 e. The summed E-state index contributed by atoms with van der Waals surface area (Å²) in [5, 5.41) is 19.2. The number of pyridine rings is 2. The number of ketones is 4. The maximum absolute atomic E-state index is 13.0. The molecule has 2 heterocycles. The van der Waals surface area contributed by atoms with Crippen LogP contribution in [0.25, 0.3) is 0 Å². The zero-order chi connectivity index (χ0) is 27.8. The highest BCUT2D eigenvalue weighted by Gasteiger charge is 2.63. The van der Waals surface area contributed by atoms with E-state index in [-0.39, 0.29) is 65.5 Å². The van der Waals surface area contributed by atoms with E-state index in [0.717, 1.165) is 0 Å². The highest BCUT2D eigenvalue weighted by Crippen LogP contribution is 2.38. The maximum atomic E-state index is 13.0. The Morgan fingerprint density at radius 1 is 0.718 bits per heavy atom. The van der Waals surface area contributed by atoms with Crippen LogP contribution in [0.4, 0.5) is 0 Å². The number of nitrogens with zero attached hydrogens (tertiary/aromatic N) is 4. The number of nitriles is 2. The zero-order valence-electron chi connectivity index (χ0n) is 20.7. The second-order valence-electron chi connectivity index (χ2n) is 8.50. The molecule has 0 spiro atoms. The van der Waals surface area contributed by atoms with E-state index in [4.69, 9.17) is 9.47 Å². The average molecular weight is 596 g/mol. The number of esters is 2. The number of fused-ring (bicyclic) bond motifs is 2. The molecule has 2 aromatic heterocycles. The van der Waals surface area contributed by atoms with Crippen molar-refractivity contribution in [2.45, 2.75) is 26.9 Å². The van der Waals surface area contributed by atoms with Gasteiger partial charge >= 0.3 is 11.9 Å². The fourth-order valence-electron chi connectivity index (χ4n) is 4.50. The van der Waals surface area contributed by atoms with Crippen molar-refractivity contribution in [3.05, 3.63) is 59.2 Å². The number of Topliss-reactive ketones (excluding diaryl/α,β-unsaturated/α-hetero) is 4. The van der Waals surface area contributed by atoms with Crippen LogP contribution in [0.3, 0.4) is 0 Å². The van der Waals surface area contributed by atoms with Gasteiger partial charge in [-0.2, -0.15) is 19.7 Å². The van der Waals surface area contributed by atoms with Crippen LogP contribution in [0, 0.1) is 33.5 Å². The number of hydrogen-bond acceptors (Lipinski definition) is 10. The van der Waals surface area contributed by atoms with E-state index in [9.17, 15) is 39.3 Å². The fourth-order valence-corrected chi connectivity index (χ4v) is 4.50. The molecule has 13 heteroatoms. The van der Waals surface area contributed by atoms with Crippen LogP contribution in [-0.4, -0.2) is 48.3 Å². The molecule has 2 aromatic rings. The van der Waals surface area contributed by atoms with Crippen molar-refractivity contribution in [2.24, 2.45) is 10.8 Å². The standard InChI is InChI=1S/C26H20N4O8.BrH/c1-3-37-23(35)25(13-27)19(31)15-5-7-29(11-17(15)21(25)33)9-10-30-8-6-16-18(12-30)22(34)26(14-28,20(16)32)24(36)38-4-2;/h5-8,11-12H,3-4,9-10H2,1-2H3;1H/q+2;/p-1. The molecule has 2 aliphatic carbocycles. The van der Waals surface area contributed by atoms with Crippen molar-refractivity contribution in [1.29, 1.82) is 10.5 Å². The first-order valence-corrected chi connectivity index (χ1v) is 11.6. The quantitative estimate of drug-likeness (QED) is 0.181. The van der Waals surface area contributed by atoms with Gasteiger partial charge in [0.1, 0.15) is 0 Å². The first-order valence-electron chi connectivity index (χ1n) is 11.6. The zero-order valence-corrected chi connectivity index (χ0v) is 22.3. The van der Waals surface area contributed by atoms with Crippen molar-refractivity contribution in [3.8, 4) is 12.1 Å². The molecule has 0 bridgehead atoms. The van der Waals surface area contributed by atoms with Gasteiger partial charge in [-0.1, -0.05) is 0 Å². The van der Waals surface area contributed by atoms with E-state index in [1.165, 1.54) is 50.8 Å². The van der Waals surface area contributed by atoms with Gasteiger partial charge in [0, 0.05) is 23.3 Å². The van der Waals surface area contributed by atoms with E-state index in [1.54, 1.807) is 21.3 Å². The van der Waals surface area contributed by atoms with Crippen LogP contribution in [-0.2, 0) is 32.2 Å². The van der Waals surface area contributed by atoms with Gasteiger partial charge in [-0.25, -0.2) is 9.59 Å². The van der Waals surface area contributed by atoms with Crippen molar-refractivity contribution in [2.75, 3.05) is 13.2 Å². The van der Waals surface area contributed by atoms with Gasteiger partial charge in [0.25, 0.3) is 10.8 Å². The van der Waals surface area contributed by atoms with Crippen LogP contribution in [0.2, 0.25) is 0 Å². The van der Waals surface area contributed by atoms with E-state index >= 15 is 0 Å². The summed E-state index contributed by atoms with van der Waals surface area (Å²) in [5.74, 6) is -6.25. The molecule has 2 atom stereocenters. The number of halogens is 1. The number of rotatable bonds is 7. The number of hydrogen-bond donors (Lipinski definition) is 0. The summed E-state index contributed by atoms with van der Waals surface area (Å²) in [7, 11) is 0. The molecule has 0 saturated carbocycles. The van der Waals surface area contributed by atoms with E-state index < -0.39 is 45.9 Å². The second-order valence-corrected chi connectivity index (χ2v) is 8.50. The third kappa shape index (κ3) is 4.02. The molecular formula is C26H20BrN4O8+. The average Bonchev–Trinajstić information content (AvgIpc) is 3.27. The summed E-state index contributed by atoms with van der Waals surface area (Å²) in [4.78, 5) is 76.4.